The Bertz CT molecular complexity index is 552. The highest BCUT2D eigenvalue weighted by molar-refractivity contribution is 5.38. The summed E-state index contributed by atoms with van der Waals surface area (Å²) in [5, 5.41) is 3.33. The van der Waals surface area contributed by atoms with Crippen LogP contribution in [0, 0.1) is 13.8 Å². The second-order valence-electron chi connectivity index (χ2n) is 4.64. The first-order valence-corrected chi connectivity index (χ1v) is 6.50. The maximum Gasteiger partial charge on any atom is 0.126 e. The number of rotatable bonds is 5. The molecule has 1 heterocycles. The van der Waals surface area contributed by atoms with E-state index in [0.29, 0.717) is 0 Å². The quantitative estimate of drug-likeness (QED) is 0.890. The van der Waals surface area contributed by atoms with E-state index < -0.39 is 0 Å². The van der Waals surface area contributed by atoms with Crippen molar-refractivity contribution in [2.24, 2.45) is 0 Å². The molecule has 19 heavy (non-hydrogen) atoms. The lowest BCUT2D eigenvalue weighted by Crippen LogP contribution is -2.06. The van der Waals surface area contributed by atoms with E-state index in [0.717, 1.165) is 30.2 Å². The normalized spacial score (nSPS) is 10.3. The molecule has 0 bridgehead atoms. The lowest BCUT2D eigenvalue weighted by atomic mass is 10.1. The fourth-order valence-electron chi connectivity index (χ4n) is 2.00. The van der Waals surface area contributed by atoms with E-state index in [4.69, 9.17) is 4.74 Å². The van der Waals surface area contributed by atoms with Crippen LogP contribution in [0.1, 0.15) is 16.8 Å². The molecule has 0 amide bonds. The summed E-state index contributed by atoms with van der Waals surface area (Å²) in [6, 6.07) is 12.3. The van der Waals surface area contributed by atoms with Crippen molar-refractivity contribution in [3.05, 3.63) is 53.2 Å². The highest BCUT2D eigenvalue weighted by atomic mass is 16.5. The number of hydrogen-bond acceptors (Lipinski definition) is 3. The van der Waals surface area contributed by atoms with Crippen molar-refractivity contribution in [2.45, 2.75) is 20.3 Å². The van der Waals surface area contributed by atoms with Crippen LogP contribution in [0.2, 0.25) is 0 Å². The molecule has 1 aromatic heterocycles. The molecule has 0 aliphatic rings. The summed E-state index contributed by atoms with van der Waals surface area (Å²) in [6.07, 6.45) is 0.951. The topological polar surface area (TPSA) is 34.1 Å². The minimum absolute atomic E-state index is 0.864. The van der Waals surface area contributed by atoms with E-state index in [2.05, 4.69) is 35.4 Å². The molecule has 0 spiro atoms. The molecule has 0 aliphatic carbocycles. The zero-order valence-electron chi connectivity index (χ0n) is 11.7. The predicted octanol–water partition coefficient (Wildman–Crippen LogP) is 3.36. The van der Waals surface area contributed by atoms with Gasteiger partial charge in [-0.1, -0.05) is 18.2 Å². The van der Waals surface area contributed by atoms with Crippen molar-refractivity contribution in [2.75, 3.05) is 19.0 Å². The minimum Gasteiger partial charge on any atom is -0.496 e. The number of ether oxygens (including phenoxy) is 1. The monoisotopic (exact) mass is 256 g/mol. The van der Waals surface area contributed by atoms with Gasteiger partial charge in [-0.3, -0.25) is 0 Å². The number of aryl methyl sites for hydroxylation is 2. The van der Waals surface area contributed by atoms with Gasteiger partial charge in [0.1, 0.15) is 11.6 Å². The average Bonchev–Trinajstić information content (AvgIpc) is 2.41. The summed E-state index contributed by atoms with van der Waals surface area (Å²) < 4.78 is 5.33. The molecule has 0 unspecified atom stereocenters. The van der Waals surface area contributed by atoms with Crippen LogP contribution < -0.4 is 10.1 Å². The van der Waals surface area contributed by atoms with Gasteiger partial charge in [0.25, 0.3) is 0 Å². The Morgan fingerprint density at radius 3 is 2.74 bits per heavy atom. The predicted molar refractivity (Wildman–Crippen MR) is 78.9 cm³/mol. The molecule has 2 aromatic rings. The Kier molecular flexibility index (Phi) is 4.39. The van der Waals surface area contributed by atoms with Crippen LogP contribution in [0.4, 0.5) is 5.82 Å². The van der Waals surface area contributed by atoms with Gasteiger partial charge in [-0.25, -0.2) is 4.98 Å². The maximum atomic E-state index is 5.33. The van der Waals surface area contributed by atoms with Crippen LogP contribution in [-0.4, -0.2) is 18.6 Å². The van der Waals surface area contributed by atoms with Crippen molar-refractivity contribution in [1.82, 2.24) is 4.98 Å². The summed E-state index contributed by atoms with van der Waals surface area (Å²) >= 11 is 0. The molecular weight excluding hydrogens is 236 g/mol. The molecule has 0 aliphatic heterocycles. The summed E-state index contributed by atoms with van der Waals surface area (Å²) in [6.45, 7) is 4.91. The Morgan fingerprint density at radius 2 is 2.00 bits per heavy atom. The molecule has 2 rings (SSSR count). The summed E-state index contributed by atoms with van der Waals surface area (Å²) in [4.78, 5) is 4.42. The third-order valence-electron chi connectivity index (χ3n) is 3.08. The van der Waals surface area contributed by atoms with Crippen molar-refractivity contribution >= 4 is 5.82 Å². The summed E-state index contributed by atoms with van der Waals surface area (Å²) in [7, 11) is 1.71. The first-order chi connectivity index (χ1) is 9.19. The highest BCUT2D eigenvalue weighted by Gasteiger charge is 2.00. The van der Waals surface area contributed by atoms with E-state index in [9.17, 15) is 0 Å². The molecule has 0 saturated carbocycles. The zero-order chi connectivity index (χ0) is 13.7. The van der Waals surface area contributed by atoms with Crippen molar-refractivity contribution in [3.8, 4) is 5.75 Å². The Labute approximate surface area is 114 Å². The fraction of sp³-hybridized carbons (Fsp3) is 0.312. The number of methoxy groups -OCH3 is 1. The molecule has 0 radical (unpaired) electrons. The molecule has 100 valence electrons. The van der Waals surface area contributed by atoms with Crippen LogP contribution in [-0.2, 0) is 6.42 Å². The van der Waals surface area contributed by atoms with Gasteiger partial charge in [-0.15, -0.1) is 0 Å². The number of anilines is 1. The lowest BCUT2D eigenvalue weighted by molar-refractivity contribution is 0.411. The van der Waals surface area contributed by atoms with E-state index in [1.807, 2.05) is 25.1 Å². The highest BCUT2D eigenvalue weighted by Crippen LogP contribution is 2.19. The van der Waals surface area contributed by atoms with Gasteiger partial charge in [0.2, 0.25) is 0 Å². The maximum absolute atomic E-state index is 5.33. The number of nitrogens with zero attached hydrogens (tertiary/aromatic N) is 1. The molecule has 1 N–H and O–H groups in total. The Hall–Kier alpha value is -2.03. The van der Waals surface area contributed by atoms with Gasteiger partial charge in [0, 0.05) is 12.2 Å². The Balaban J connectivity index is 1.92. The lowest BCUT2D eigenvalue weighted by Gasteiger charge is -2.09. The number of nitrogens with one attached hydrogen (secondary N) is 1. The zero-order valence-corrected chi connectivity index (χ0v) is 11.7. The first-order valence-electron chi connectivity index (χ1n) is 6.50. The van der Waals surface area contributed by atoms with Crippen LogP contribution in [0.15, 0.2) is 36.4 Å². The largest absolute Gasteiger partial charge is 0.496 e. The van der Waals surface area contributed by atoms with E-state index in [-0.39, 0.29) is 0 Å². The van der Waals surface area contributed by atoms with Gasteiger partial charge < -0.3 is 10.1 Å². The standard InChI is InChI=1S/C16H20N2O/c1-12-7-8-14(11-15(12)19-3)9-10-17-16-6-4-5-13(2)18-16/h4-8,11H,9-10H2,1-3H3,(H,17,18). The Morgan fingerprint density at radius 1 is 1.16 bits per heavy atom. The van der Waals surface area contributed by atoms with Gasteiger partial charge in [0.15, 0.2) is 0 Å². The number of hydrogen-bond donors (Lipinski definition) is 1. The first kappa shape index (κ1) is 13.4. The molecule has 3 nitrogen and oxygen atoms in total. The summed E-state index contributed by atoms with van der Waals surface area (Å²) in [5.74, 6) is 1.88. The molecular formula is C16H20N2O. The third-order valence-corrected chi connectivity index (χ3v) is 3.08. The molecule has 3 heteroatoms. The number of benzene rings is 1. The van der Waals surface area contributed by atoms with Crippen LogP contribution in [0.3, 0.4) is 0 Å². The van der Waals surface area contributed by atoms with E-state index >= 15 is 0 Å². The SMILES string of the molecule is COc1cc(CCNc2cccc(C)n2)ccc1C. The average molecular weight is 256 g/mol. The van der Waals surface area contributed by atoms with Crippen molar-refractivity contribution < 1.29 is 4.74 Å². The van der Waals surface area contributed by atoms with Crippen LogP contribution >= 0.6 is 0 Å². The van der Waals surface area contributed by atoms with Gasteiger partial charge in [-0.05, 0) is 49.6 Å². The summed E-state index contributed by atoms with van der Waals surface area (Å²) in [5.41, 5.74) is 3.46. The molecule has 0 saturated heterocycles. The van der Waals surface area contributed by atoms with Crippen LogP contribution in [0.25, 0.3) is 0 Å². The molecule has 0 atom stereocenters. The molecule has 1 aromatic carbocycles. The van der Waals surface area contributed by atoms with Crippen molar-refractivity contribution in [1.29, 1.82) is 0 Å². The van der Waals surface area contributed by atoms with Crippen molar-refractivity contribution in [3.63, 3.8) is 0 Å². The van der Waals surface area contributed by atoms with Crippen LogP contribution in [0.5, 0.6) is 5.75 Å². The second kappa shape index (κ2) is 6.23. The molecule has 0 fully saturated rings. The number of aromatic nitrogens is 1. The van der Waals surface area contributed by atoms with Gasteiger partial charge in [0.05, 0.1) is 7.11 Å². The number of pyridine rings is 1. The second-order valence-corrected chi connectivity index (χ2v) is 4.64. The fourth-order valence-corrected chi connectivity index (χ4v) is 2.00. The van der Waals surface area contributed by atoms with E-state index in [1.54, 1.807) is 7.11 Å². The third kappa shape index (κ3) is 3.71. The van der Waals surface area contributed by atoms with E-state index in [1.165, 1.54) is 11.1 Å². The van der Waals surface area contributed by atoms with Gasteiger partial charge in [-0.2, -0.15) is 0 Å². The smallest absolute Gasteiger partial charge is 0.126 e. The van der Waals surface area contributed by atoms with Gasteiger partial charge >= 0.3 is 0 Å². The minimum atomic E-state index is 0.864.